The number of nitrogens with zero attached hydrogens (tertiary/aromatic N) is 6. The normalized spacial score (nSPS) is 8.00. The fraction of sp³-hybridized carbons (Fsp3) is 0. The van der Waals surface area contributed by atoms with Crippen molar-refractivity contribution in [3.05, 3.63) is 12.7 Å². The van der Waals surface area contributed by atoms with E-state index in [1.807, 2.05) is 0 Å². The van der Waals surface area contributed by atoms with Crippen molar-refractivity contribution in [1.82, 2.24) is 41.2 Å². The van der Waals surface area contributed by atoms with Crippen LogP contribution >= 0.6 is 0 Å². The molecule has 0 saturated carbocycles. The van der Waals surface area contributed by atoms with Crippen molar-refractivity contribution in [2.24, 2.45) is 0 Å². The minimum atomic E-state index is 2.19. The van der Waals surface area contributed by atoms with Crippen molar-refractivity contribution >= 4 is 0 Å². The van der Waals surface area contributed by atoms with Gasteiger partial charge in [0.2, 0.25) is 12.7 Å². The predicted octanol–water partition coefficient (Wildman–Crippen LogP) is -2.00. The number of rotatable bonds is 0. The Balaban J connectivity index is 0.0000001000. The van der Waals surface area contributed by atoms with Gasteiger partial charge >= 0.3 is 0 Å². The molecule has 2 aromatic heterocycles. The average molecular weight is 138 g/mol. The number of H-pyrrole nitrogens is 2. The maximum atomic E-state index is 3.25. The quantitative estimate of drug-likeness (QED) is 0.435. The van der Waals surface area contributed by atoms with Crippen molar-refractivity contribution < 1.29 is 0 Å². The average Bonchev–Trinajstić information content (AvgIpc) is 2.67. The van der Waals surface area contributed by atoms with Crippen LogP contribution in [0.4, 0.5) is 0 Å². The Hall–Kier alpha value is -1.86. The minimum Gasteiger partial charge on any atom is -0.236 e. The lowest BCUT2D eigenvalue weighted by Gasteiger charge is -1.44. The predicted molar refractivity (Wildman–Crippen MR) is 26.0 cm³/mol. The largest absolute Gasteiger partial charge is 0.245 e. The van der Waals surface area contributed by atoms with E-state index in [1.165, 1.54) is 0 Å². The van der Waals surface area contributed by atoms with E-state index in [4.69, 9.17) is 0 Å². The smallest absolute Gasteiger partial charge is 0.236 e. The standard InChI is InChI=1S/2CHN4/c2*1-2-4-5-3-1/h2*(H,2,3,4,5). The summed E-state index contributed by atoms with van der Waals surface area (Å²) in [4.78, 5) is 0. The first-order valence-electron chi connectivity index (χ1n) is 2.19. The lowest BCUT2D eigenvalue weighted by Crippen LogP contribution is -1.64. The summed E-state index contributed by atoms with van der Waals surface area (Å²) in [6.45, 7) is 0. The number of tetrazole rings is 2. The summed E-state index contributed by atoms with van der Waals surface area (Å²) >= 11 is 0. The van der Waals surface area contributed by atoms with Gasteiger partial charge in [-0.1, -0.05) is 0 Å². The third kappa shape index (κ3) is 2.45. The van der Waals surface area contributed by atoms with E-state index in [0.717, 1.165) is 0 Å². The third-order valence-electron chi connectivity index (χ3n) is 0.479. The summed E-state index contributed by atoms with van der Waals surface area (Å²) in [5.41, 5.74) is 0. The number of hydrogen-bond acceptors (Lipinski definition) is 6. The van der Waals surface area contributed by atoms with Crippen LogP contribution in [0.5, 0.6) is 0 Å². The number of nitrogens with one attached hydrogen (secondary N) is 2. The lowest BCUT2D eigenvalue weighted by atomic mass is 11.4. The van der Waals surface area contributed by atoms with Crippen LogP contribution in [0.3, 0.4) is 0 Å². The van der Waals surface area contributed by atoms with E-state index in [0.29, 0.717) is 0 Å². The highest BCUT2D eigenvalue weighted by Gasteiger charge is 1.61. The Kier molecular flexibility index (Phi) is 2.54. The van der Waals surface area contributed by atoms with Crippen LogP contribution in [0.2, 0.25) is 0 Å². The molecule has 0 aliphatic heterocycles. The van der Waals surface area contributed by atoms with Crippen molar-refractivity contribution in [3.63, 3.8) is 0 Å². The molecule has 2 radical (unpaired) electrons. The van der Waals surface area contributed by atoms with Gasteiger partial charge in [0.1, 0.15) is 0 Å². The molecule has 0 fully saturated rings. The molecule has 0 atom stereocenters. The van der Waals surface area contributed by atoms with Crippen LogP contribution in [-0.4, -0.2) is 41.2 Å². The fourth-order valence-corrected chi connectivity index (χ4v) is 0.224. The molecule has 2 N–H and O–H groups in total. The highest BCUT2D eigenvalue weighted by molar-refractivity contribution is 4.19. The first-order chi connectivity index (χ1) is 5.00. The molecule has 0 amide bonds. The molecule has 10 heavy (non-hydrogen) atoms. The van der Waals surface area contributed by atoms with Gasteiger partial charge < -0.3 is 0 Å². The zero-order valence-corrected chi connectivity index (χ0v) is 4.68. The van der Waals surface area contributed by atoms with Gasteiger partial charge in [-0.25, -0.2) is 5.10 Å². The molecule has 2 heterocycles. The number of aromatic amines is 2. The van der Waals surface area contributed by atoms with E-state index >= 15 is 0 Å². The summed E-state index contributed by atoms with van der Waals surface area (Å²) in [5, 5.41) is 23.5. The second-order valence-corrected chi connectivity index (χ2v) is 1.02. The molecule has 0 aromatic carbocycles. The monoisotopic (exact) mass is 138 g/mol. The molecule has 0 aliphatic rings. The van der Waals surface area contributed by atoms with Gasteiger partial charge in [0.05, 0.1) is 0 Å². The molecular formula is C2H2N8. The first kappa shape index (κ1) is 6.26. The fourth-order valence-electron chi connectivity index (χ4n) is 0.224. The summed E-state index contributed by atoms with van der Waals surface area (Å²) in [6, 6.07) is 0. The summed E-state index contributed by atoms with van der Waals surface area (Å²) in [6.07, 6.45) is 4.46. The summed E-state index contributed by atoms with van der Waals surface area (Å²) in [5.74, 6) is 0. The van der Waals surface area contributed by atoms with Crippen molar-refractivity contribution in [2.45, 2.75) is 0 Å². The van der Waals surface area contributed by atoms with Crippen LogP contribution < -0.4 is 0 Å². The van der Waals surface area contributed by atoms with E-state index in [1.54, 1.807) is 0 Å². The Morgan fingerprint density at radius 1 is 1.10 bits per heavy atom. The van der Waals surface area contributed by atoms with Gasteiger partial charge in [-0.15, -0.1) is 15.3 Å². The van der Waals surface area contributed by atoms with Crippen LogP contribution in [-0.2, 0) is 0 Å². The zero-order chi connectivity index (χ0) is 7.07. The molecule has 8 heteroatoms. The SMILES string of the molecule is [c]1nn[nH]n1.[c]1nnn[nH]1. The van der Waals surface area contributed by atoms with Crippen LogP contribution in [0.15, 0.2) is 0 Å². The maximum Gasteiger partial charge on any atom is 0.245 e. The third-order valence-corrected chi connectivity index (χ3v) is 0.479. The molecule has 2 aromatic rings. The Morgan fingerprint density at radius 3 is 2.30 bits per heavy atom. The van der Waals surface area contributed by atoms with E-state index < -0.39 is 0 Å². The first-order valence-corrected chi connectivity index (χ1v) is 2.19. The number of aromatic nitrogens is 8. The topological polar surface area (TPSA) is 109 Å². The van der Waals surface area contributed by atoms with Crippen LogP contribution in [0, 0.1) is 12.7 Å². The van der Waals surface area contributed by atoms with Gasteiger partial charge in [-0.2, -0.15) is 5.21 Å². The van der Waals surface area contributed by atoms with Gasteiger partial charge in [-0.05, 0) is 15.6 Å². The summed E-state index contributed by atoms with van der Waals surface area (Å²) in [7, 11) is 0. The minimum absolute atomic E-state index is 2.19. The Bertz CT molecular complexity index is 146. The van der Waals surface area contributed by atoms with Crippen molar-refractivity contribution in [2.75, 3.05) is 0 Å². The molecule has 0 saturated heterocycles. The van der Waals surface area contributed by atoms with E-state index in [2.05, 4.69) is 53.9 Å². The van der Waals surface area contributed by atoms with Crippen molar-refractivity contribution in [1.29, 1.82) is 0 Å². The molecule has 0 bridgehead atoms. The second-order valence-electron chi connectivity index (χ2n) is 1.02. The highest BCUT2D eigenvalue weighted by atomic mass is 15.5. The number of hydrogen-bond donors (Lipinski definition) is 2. The Labute approximate surface area is 55.0 Å². The van der Waals surface area contributed by atoms with Gasteiger partial charge in [0, 0.05) is 0 Å². The van der Waals surface area contributed by atoms with Crippen molar-refractivity contribution in [3.8, 4) is 0 Å². The van der Waals surface area contributed by atoms with Gasteiger partial charge in [0.25, 0.3) is 0 Å². The van der Waals surface area contributed by atoms with Crippen LogP contribution in [0.1, 0.15) is 0 Å². The molecule has 8 nitrogen and oxygen atoms in total. The second kappa shape index (κ2) is 4.06. The van der Waals surface area contributed by atoms with E-state index in [-0.39, 0.29) is 0 Å². The lowest BCUT2D eigenvalue weighted by molar-refractivity contribution is 0.881. The molecular weight excluding hydrogens is 136 g/mol. The molecule has 2 rings (SSSR count). The highest BCUT2D eigenvalue weighted by Crippen LogP contribution is 1.42. The van der Waals surface area contributed by atoms with Gasteiger partial charge in [0.15, 0.2) is 0 Å². The summed E-state index contributed by atoms with van der Waals surface area (Å²) < 4.78 is 0. The Morgan fingerprint density at radius 2 is 2.10 bits per heavy atom. The molecule has 0 unspecified atom stereocenters. The molecule has 0 spiro atoms. The van der Waals surface area contributed by atoms with Gasteiger partial charge in [-0.3, -0.25) is 0 Å². The molecule has 50 valence electrons. The molecule has 0 aliphatic carbocycles. The van der Waals surface area contributed by atoms with E-state index in [9.17, 15) is 0 Å². The van der Waals surface area contributed by atoms with Crippen LogP contribution in [0.25, 0.3) is 0 Å². The maximum absolute atomic E-state index is 3.25. The zero-order valence-electron chi connectivity index (χ0n) is 4.68.